The van der Waals surface area contributed by atoms with Gasteiger partial charge in [-0.15, -0.1) is 0 Å². The van der Waals surface area contributed by atoms with Crippen molar-refractivity contribution in [1.29, 1.82) is 0 Å². The Balaban J connectivity index is 1.83. The Morgan fingerprint density at radius 1 is 1.35 bits per heavy atom. The van der Waals surface area contributed by atoms with Crippen LogP contribution in [0.1, 0.15) is 18.7 Å². The van der Waals surface area contributed by atoms with Gasteiger partial charge in [-0.05, 0) is 25.0 Å². The summed E-state index contributed by atoms with van der Waals surface area (Å²) in [6.07, 6.45) is 1.48. The van der Waals surface area contributed by atoms with Crippen molar-refractivity contribution in [2.75, 3.05) is 5.75 Å². The van der Waals surface area contributed by atoms with E-state index >= 15 is 0 Å². The number of hydrogen-bond donors (Lipinski definition) is 0. The summed E-state index contributed by atoms with van der Waals surface area (Å²) in [6, 6.07) is 6.11. The van der Waals surface area contributed by atoms with Gasteiger partial charge in [-0.25, -0.2) is 12.8 Å². The highest BCUT2D eigenvalue weighted by molar-refractivity contribution is 7.92. The molecule has 0 spiro atoms. The minimum Gasteiger partial charge on any atom is -0.339 e. The van der Waals surface area contributed by atoms with Crippen molar-refractivity contribution in [3.05, 3.63) is 36.0 Å². The third-order valence-corrected chi connectivity index (χ3v) is 5.72. The molecule has 1 aliphatic rings. The van der Waals surface area contributed by atoms with Crippen molar-refractivity contribution in [3.63, 3.8) is 0 Å². The lowest BCUT2D eigenvalue weighted by molar-refractivity contribution is 0.375. The van der Waals surface area contributed by atoms with Crippen LogP contribution in [0.3, 0.4) is 0 Å². The zero-order chi connectivity index (χ0) is 14.2. The Hall–Kier alpha value is -1.76. The standard InChI is InChI=1S/C13H13FN2O3S/c14-11-6-2-1-5-10(11)13-15-12(19-16-13)8-9-4-3-7-20(9,17)18/h1-2,5-6,9H,3-4,7-8H2. The second-order valence-electron chi connectivity index (χ2n) is 4.83. The van der Waals surface area contributed by atoms with Gasteiger partial charge in [0.15, 0.2) is 9.84 Å². The van der Waals surface area contributed by atoms with E-state index in [1.807, 2.05) is 0 Å². The van der Waals surface area contributed by atoms with Gasteiger partial charge in [0.25, 0.3) is 0 Å². The molecule has 2 aromatic rings. The Bertz CT molecular complexity index is 727. The molecule has 1 unspecified atom stereocenters. The zero-order valence-electron chi connectivity index (χ0n) is 10.6. The van der Waals surface area contributed by atoms with Crippen LogP contribution in [-0.4, -0.2) is 29.6 Å². The predicted octanol–water partition coefficient (Wildman–Crippen LogP) is 2.00. The van der Waals surface area contributed by atoms with E-state index in [-0.39, 0.29) is 29.5 Å². The molecule has 1 atom stereocenters. The van der Waals surface area contributed by atoms with Gasteiger partial charge in [-0.2, -0.15) is 4.98 Å². The molecule has 0 saturated carbocycles. The van der Waals surface area contributed by atoms with Crippen LogP contribution in [0, 0.1) is 5.82 Å². The minimum absolute atomic E-state index is 0.147. The second-order valence-corrected chi connectivity index (χ2v) is 7.23. The Morgan fingerprint density at radius 3 is 2.85 bits per heavy atom. The van der Waals surface area contributed by atoms with Crippen LogP contribution in [0.2, 0.25) is 0 Å². The van der Waals surface area contributed by atoms with E-state index in [0.29, 0.717) is 12.8 Å². The average Bonchev–Trinajstić information content (AvgIpc) is 2.98. The van der Waals surface area contributed by atoms with E-state index in [1.54, 1.807) is 18.2 Å². The maximum absolute atomic E-state index is 13.6. The molecule has 1 aromatic carbocycles. The highest BCUT2D eigenvalue weighted by Crippen LogP contribution is 2.25. The number of benzene rings is 1. The number of aromatic nitrogens is 2. The molecule has 5 nitrogen and oxygen atoms in total. The zero-order valence-corrected chi connectivity index (χ0v) is 11.4. The number of nitrogens with zero attached hydrogens (tertiary/aromatic N) is 2. The molecule has 1 aliphatic heterocycles. The van der Waals surface area contributed by atoms with Crippen molar-refractivity contribution in [1.82, 2.24) is 10.1 Å². The fourth-order valence-electron chi connectivity index (χ4n) is 2.37. The fraction of sp³-hybridized carbons (Fsp3) is 0.385. The normalized spacial score (nSPS) is 21.1. The smallest absolute Gasteiger partial charge is 0.228 e. The van der Waals surface area contributed by atoms with E-state index in [2.05, 4.69) is 10.1 Å². The van der Waals surface area contributed by atoms with Crippen LogP contribution < -0.4 is 0 Å². The molecule has 20 heavy (non-hydrogen) atoms. The number of rotatable bonds is 3. The highest BCUT2D eigenvalue weighted by Gasteiger charge is 2.33. The van der Waals surface area contributed by atoms with Crippen LogP contribution in [0.5, 0.6) is 0 Å². The topological polar surface area (TPSA) is 73.1 Å². The van der Waals surface area contributed by atoms with Crippen molar-refractivity contribution >= 4 is 9.84 Å². The number of sulfone groups is 1. The monoisotopic (exact) mass is 296 g/mol. The molecule has 3 rings (SSSR count). The van der Waals surface area contributed by atoms with Gasteiger partial charge in [0.2, 0.25) is 11.7 Å². The van der Waals surface area contributed by atoms with Crippen LogP contribution in [-0.2, 0) is 16.3 Å². The third kappa shape index (κ3) is 2.45. The first-order chi connectivity index (χ1) is 9.56. The average molecular weight is 296 g/mol. The molecule has 1 saturated heterocycles. The summed E-state index contributed by atoms with van der Waals surface area (Å²) in [7, 11) is -3.05. The summed E-state index contributed by atoms with van der Waals surface area (Å²) in [4.78, 5) is 4.09. The molecule has 0 N–H and O–H groups in total. The maximum atomic E-state index is 13.6. The first kappa shape index (κ1) is 13.2. The van der Waals surface area contributed by atoms with Crippen molar-refractivity contribution in [2.24, 2.45) is 0 Å². The summed E-state index contributed by atoms with van der Waals surface area (Å²) >= 11 is 0. The summed E-state index contributed by atoms with van der Waals surface area (Å²) in [5.41, 5.74) is 0.247. The van der Waals surface area contributed by atoms with E-state index in [9.17, 15) is 12.8 Å². The predicted molar refractivity (Wildman–Crippen MR) is 70.2 cm³/mol. The Labute approximate surface area is 115 Å². The van der Waals surface area contributed by atoms with Gasteiger partial charge in [0.1, 0.15) is 5.82 Å². The number of halogens is 1. The van der Waals surface area contributed by atoms with E-state index in [0.717, 1.165) is 0 Å². The summed E-state index contributed by atoms with van der Waals surface area (Å²) in [5.74, 6) is 0.159. The van der Waals surface area contributed by atoms with E-state index in [1.165, 1.54) is 6.07 Å². The molecule has 1 aromatic heterocycles. The van der Waals surface area contributed by atoms with Gasteiger partial charge < -0.3 is 4.52 Å². The van der Waals surface area contributed by atoms with E-state index < -0.39 is 20.9 Å². The molecule has 0 aliphatic carbocycles. The molecule has 0 radical (unpaired) electrons. The lowest BCUT2D eigenvalue weighted by Gasteiger charge is -2.04. The van der Waals surface area contributed by atoms with Gasteiger partial charge >= 0.3 is 0 Å². The van der Waals surface area contributed by atoms with Crippen LogP contribution >= 0.6 is 0 Å². The Morgan fingerprint density at radius 2 is 2.15 bits per heavy atom. The minimum atomic E-state index is -3.05. The van der Waals surface area contributed by atoms with E-state index in [4.69, 9.17) is 4.52 Å². The van der Waals surface area contributed by atoms with Crippen molar-refractivity contribution < 1.29 is 17.3 Å². The molecule has 106 valence electrons. The van der Waals surface area contributed by atoms with Crippen LogP contribution in [0.15, 0.2) is 28.8 Å². The first-order valence-electron chi connectivity index (χ1n) is 6.35. The second kappa shape index (κ2) is 4.97. The highest BCUT2D eigenvalue weighted by atomic mass is 32.2. The quantitative estimate of drug-likeness (QED) is 0.866. The molecular weight excluding hydrogens is 283 g/mol. The van der Waals surface area contributed by atoms with Gasteiger partial charge in [-0.1, -0.05) is 17.3 Å². The molecular formula is C13H13FN2O3S. The number of hydrogen-bond acceptors (Lipinski definition) is 5. The van der Waals surface area contributed by atoms with Gasteiger partial charge in [-0.3, -0.25) is 0 Å². The van der Waals surface area contributed by atoms with Crippen LogP contribution in [0.25, 0.3) is 11.4 Å². The maximum Gasteiger partial charge on any atom is 0.228 e. The lowest BCUT2D eigenvalue weighted by atomic mass is 10.2. The SMILES string of the molecule is O=S1(=O)CCCC1Cc1nc(-c2ccccc2F)no1. The molecule has 0 bridgehead atoms. The molecule has 7 heteroatoms. The van der Waals surface area contributed by atoms with Crippen LogP contribution in [0.4, 0.5) is 4.39 Å². The molecule has 0 amide bonds. The fourth-order valence-corrected chi connectivity index (χ4v) is 4.20. The molecule has 2 heterocycles. The van der Waals surface area contributed by atoms with Gasteiger partial charge in [0, 0.05) is 6.42 Å². The van der Waals surface area contributed by atoms with Gasteiger partial charge in [0.05, 0.1) is 16.6 Å². The Kier molecular flexibility index (Phi) is 3.29. The summed E-state index contributed by atoms with van der Waals surface area (Å²) in [5, 5.41) is 3.25. The third-order valence-electron chi connectivity index (χ3n) is 3.45. The summed E-state index contributed by atoms with van der Waals surface area (Å²) in [6.45, 7) is 0. The van der Waals surface area contributed by atoms with Crippen molar-refractivity contribution in [3.8, 4) is 11.4 Å². The first-order valence-corrected chi connectivity index (χ1v) is 8.07. The summed E-state index contributed by atoms with van der Waals surface area (Å²) < 4.78 is 42.1. The van der Waals surface area contributed by atoms with Crippen molar-refractivity contribution in [2.45, 2.75) is 24.5 Å². The lowest BCUT2D eigenvalue weighted by Crippen LogP contribution is -2.18. The molecule has 1 fully saturated rings. The largest absolute Gasteiger partial charge is 0.339 e.